The smallest absolute Gasteiger partial charge is 0.177 e. The summed E-state index contributed by atoms with van der Waals surface area (Å²) in [5, 5.41) is 1.15. The first-order chi connectivity index (χ1) is 14.5. The molecule has 0 aliphatic heterocycles. The molecule has 164 valence electrons. The lowest BCUT2D eigenvalue weighted by molar-refractivity contribution is 0.587. The van der Waals surface area contributed by atoms with Crippen molar-refractivity contribution in [2.75, 3.05) is 18.3 Å². The Morgan fingerprint density at radius 3 is 2.55 bits per heavy atom. The second kappa shape index (κ2) is 7.92. The molecule has 4 aromatic rings. The molecule has 1 aromatic carbocycles. The third kappa shape index (κ3) is 4.60. The fourth-order valence-corrected chi connectivity index (χ4v) is 5.40. The van der Waals surface area contributed by atoms with Gasteiger partial charge in [-0.3, -0.25) is 4.98 Å². The highest BCUT2D eigenvalue weighted by Gasteiger charge is 2.19. The molecule has 0 aliphatic carbocycles. The summed E-state index contributed by atoms with van der Waals surface area (Å²) in [6.45, 7) is 0.750. The fraction of sp³-hybridized carbons (Fsp3) is 0.300. The van der Waals surface area contributed by atoms with Gasteiger partial charge in [-0.25, -0.2) is 21.8 Å². The number of sulfone groups is 2. The van der Waals surface area contributed by atoms with Crippen LogP contribution in [0.25, 0.3) is 21.9 Å². The molecule has 11 heteroatoms. The number of hydrogen-bond acceptors (Lipinski definition) is 6. The Bertz CT molecular complexity index is 1510. The minimum absolute atomic E-state index is 0.0638. The van der Waals surface area contributed by atoms with Crippen LogP contribution in [0.4, 0.5) is 0 Å². The topological polar surface area (TPSA) is 104 Å². The van der Waals surface area contributed by atoms with Crippen molar-refractivity contribution in [1.29, 1.82) is 0 Å². The summed E-state index contributed by atoms with van der Waals surface area (Å²) in [5.74, 6) is 0.737. The number of fused-ring (bicyclic) bond motifs is 2. The summed E-state index contributed by atoms with van der Waals surface area (Å²) in [5.41, 5.74) is 2.21. The Morgan fingerprint density at radius 1 is 1.06 bits per heavy atom. The zero-order valence-electron chi connectivity index (χ0n) is 17.0. The second-order valence-corrected chi connectivity index (χ2v) is 12.3. The van der Waals surface area contributed by atoms with Crippen LogP contribution < -0.4 is 0 Å². The van der Waals surface area contributed by atoms with Crippen molar-refractivity contribution in [2.45, 2.75) is 24.4 Å². The van der Waals surface area contributed by atoms with Crippen molar-refractivity contribution in [2.24, 2.45) is 0 Å². The van der Waals surface area contributed by atoms with Gasteiger partial charge in [0.1, 0.15) is 15.7 Å². The highest BCUT2D eigenvalue weighted by Crippen LogP contribution is 2.27. The van der Waals surface area contributed by atoms with Gasteiger partial charge in [-0.05, 0) is 30.7 Å². The molecule has 0 spiro atoms. The van der Waals surface area contributed by atoms with Crippen molar-refractivity contribution < 1.29 is 16.8 Å². The van der Waals surface area contributed by atoms with Crippen LogP contribution in [-0.2, 0) is 32.8 Å². The Balaban J connectivity index is 1.80. The standard InChI is InChI=1S/C20H21ClN4O4S2/c1-30(26,27)9-3-8-25-17-5-4-14(21)10-16(17)23-20(25)13-24-12-19(31(2,28)29)15-6-7-22-11-18(15)24/h4-7,10-12H,3,8-9,13H2,1-2H3. The third-order valence-corrected chi connectivity index (χ3v) is 7.44. The molecular formula is C20H21ClN4O4S2. The van der Waals surface area contributed by atoms with Gasteiger partial charge in [0.05, 0.1) is 39.9 Å². The number of benzene rings is 1. The minimum atomic E-state index is -3.43. The lowest BCUT2D eigenvalue weighted by atomic mass is 10.3. The van der Waals surface area contributed by atoms with Crippen LogP contribution in [-0.4, -0.2) is 54.2 Å². The number of rotatable bonds is 7. The van der Waals surface area contributed by atoms with E-state index in [1.165, 1.54) is 12.5 Å². The lowest BCUT2D eigenvalue weighted by Gasteiger charge is -2.10. The summed E-state index contributed by atoms with van der Waals surface area (Å²) in [6, 6.07) is 7.05. The predicted molar refractivity (Wildman–Crippen MR) is 121 cm³/mol. The molecule has 8 nitrogen and oxygen atoms in total. The molecule has 0 unspecified atom stereocenters. The molecule has 3 aromatic heterocycles. The van der Waals surface area contributed by atoms with E-state index in [4.69, 9.17) is 16.6 Å². The van der Waals surface area contributed by atoms with Crippen LogP contribution in [0.1, 0.15) is 12.2 Å². The maximum Gasteiger partial charge on any atom is 0.177 e. The van der Waals surface area contributed by atoms with E-state index in [1.807, 2.05) is 10.6 Å². The van der Waals surface area contributed by atoms with Gasteiger partial charge in [0.15, 0.2) is 9.84 Å². The monoisotopic (exact) mass is 480 g/mol. The van der Waals surface area contributed by atoms with E-state index in [2.05, 4.69) is 4.98 Å². The van der Waals surface area contributed by atoms with Gasteiger partial charge in [0, 0.05) is 41.9 Å². The number of aryl methyl sites for hydroxylation is 1. The highest BCUT2D eigenvalue weighted by atomic mass is 35.5. The lowest BCUT2D eigenvalue weighted by Crippen LogP contribution is -2.12. The summed E-state index contributed by atoms with van der Waals surface area (Å²) in [7, 11) is -6.52. The van der Waals surface area contributed by atoms with E-state index < -0.39 is 19.7 Å². The number of nitrogens with zero attached hydrogens (tertiary/aromatic N) is 4. The molecule has 31 heavy (non-hydrogen) atoms. The molecule has 0 radical (unpaired) electrons. The van der Waals surface area contributed by atoms with Crippen molar-refractivity contribution >= 4 is 53.2 Å². The van der Waals surface area contributed by atoms with E-state index in [0.29, 0.717) is 46.8 Å². The Morgan fingerprint density at radius 2 is 1.84 bits per heavy atom. The van der Waals surface area contributed by atoms with Crippen LogP contribution >= 0.6 is 11.6 Å². The van der Waals surface area contributed by atoms with Gasteiger partial charge in [-0.1, -0.05) is 11.6 Å². The van der Waals surface area contributed by atoms with Gasteiger partial charge in [0.25, 0.3) is 0 Å². The summed E-state index contributed by atoms with van der Waals surface area (Å²) >= 11 is 6.13. The molecule has 3 heterocycles. The number of aromatic nitrogens is 4. The molecule has 0 saturated carbocycles. The van der Waals surface area contributed by atoms with E-state index in [-0.39, 0.29) is 10.6 Å². The van der Waals surface area contributed by atoms with Crippen molar-refractivity contribution in [3.05, 3.63) is 53.7 Å². The highest BCUT2D eigenvalue weighted by molar-refractivity contribution is 7.91. The van der Waals surface area contributed by atoms with Gasteiger partial charge in [0.2, 0.25) is 0 Å². The van der Waals surface area contributed by atoms with Gasteiger partial charge in [-0.15, -0.1) is 0 Å². The average Bonchev–Trinajstić information content (AvgIpc) is 3.19. The number of pyridine rings is 1. The van der Waals surface area contributed by atoms with Crippen molar-refractivity contribution in [3.8, 4) is 0 Å². The van der Waals surface area contributed by atoms with Crippen LogP contribution in [0.2, 0.25) is 5.02 Å². The van der Waals surface area contributed by atoms with E-state index in [9.17, 15) is 16.8 Å². The molecule has 0 bridgehead atoms. The first-order valence-electron chi connectivity index (χ1n) is 9.48. The van der Waals surface area contributed by atoms with Crippen LogP contribution in [0.5, 0.6) is 0 Å². The van der Waals surface area contributed by atoms with Gasteiger partial charge in [-0.2, -0.15) is 0 Å². The van der Waals surface area contributed by atoms with Crippen LogP contribution in [0.15, 0.2) is 47.8 Å². The zero-order chi connectivity index (χ0) is 22.4. The quantitative estimate of drug-likeness (QED) is 0.403. The maximum absolute atomic E-state index is 12.3. The number of imidazole rings is 1. The number of halogens is 1. The Labute approximate surface area is 185 Å². The first kappa shape index (κ1) is 21.8. The molecule has 0 amide bonds. The average molecular weight is 481 g/mol. The van der Waals surface area contributed by atoms with Crippen molar-refractivity contribution in [1.82, 2.24) is 19.1 Å². The third-order valence-electron chi connectivity index (χ3n) is 5.05. The molecule has 0 saturated heterocycles. The molecule has 0 aliphatic rings. The van der Waals surface area contributed by atoms with E-state index >= 15 is 0 Å². The Kier molecular flexibility index (Phi) is 5.57. The zero-order valence-corrected chi connectivity index (χ0v) is 19.4. The predicted octanol–water partition coefficient (Wildman–Crippen LogP) is 2.93. The normalized spacial score (nSPS) is 12.7. The van der Waals surface area contributed by atoms with Gasteiger partial charge >= 0.3 is 0 Å². The maximum atomic E-state index is 12.3. The molecule has 0 atom stereocenters. The largest absolute Gasteiger partial charge is 0.337 e. The number of hydrogen-bond donors (Lipinski definition) is 0. The minimum Gasteiger partial charge on any atom is -0.337 e. The SMILES string of the molecule is CS(=O)(=O)CCCn1c(Cn2cc(S(C)(=O)=O)c3ccncc32)nc2cc(Cl)ccc21. The molecule has 4 rings (SSSR count). The summed E-state index contributed by atoms with van der Waals surface area (Å²) in [4.78, 5) is 9.07. The Hall–Kier alpha value is -2.43. The molecule has 0 fully saturated rings. The van der Waals surface area contributed by atoms with Gasteiger partial charge < -0.3 is 9.13 Å². The first-order valence-corrected chi connectivity index (χ1v) is 13.8. The molecular weight excluding hydrogens is 460 g/mol. The summed E-state index contributed by atoms with van der Waals surface area (Å²) < 4.78 is 51.4. The van der Waals surface area contributed by atoms with Crippen molar-refractivity contribution in [3.63, 3.8) is 0 Å². The molecule has 0 N–H and O–H groups in total. The summed E-state index contributed by atoms with van der Waals surface area (Å²) in [6.07, 6.45) is 7.60. The van der Waals surface area contributed by atoms with Crippen LogP contribution in [0, 0.1) is 0 Å². The van der Waals surface area contributed by atoms with E-state index in [0.717, 1.165) is 5.52 Å². The van der Waals surface area contributed by atoms with E-state index in [1.54, 1.807) is 41.4 Å². The second-order valence-electron chi connectivity index (χ2n) is 7.58. The fourth-order valence-electron chi connectivity index (χ4n) is 3.69. The van der Waals surface area contributed by atoms with Crippen LogP contribution in [0.3, 0.4) is 0 Å².